The van der Waals surface area contributed by atoms with Gasteiger partial charge < -0.3 is 0 Å². The van der Waals surface area contributed by atoms with Crippen LogP contribution in [0, 0.1) is 5.92 Å². The Morgan fingerprint density at radius 3 is 2.30 bits per heavy atom. The predicted molar refractivity (Wildman–Crippen MR) is 46.5 cm³/mol. The highest BCUT2D eigenvalue weighted by Crippen LogP contribution is 2.39. The lowest BCUT2D eigenvalue weighted by atomic mass is 9.90. The van der Waals surface area contributed by atoms with E-state index in [2.05, 4.69) is 13.8 Å². The summed E-state index contributed by atoms with van der Waals surface area (Å²) in [7, 11) is 0. The maximum atomic E-state index is 6.33. The average molecular weight is 161 g/mol. The zero-order valence-corrected chi connectivity index (χ0v) is 7.75. The molecule has 0 amide bonds. The summed E-state index contributed by atoms with van der Waals surface area (Å²) in [5, 5.41) is 0. The smallest absolute Gasteiger partial charge is 0.0444 e. The third-order valence-electron chi connectivity index (χ3n) is 2.90. The molecule has 0 heterocycles. The normalized spacial score (nSPS) is 26.7. The third kappa shape index (κ3) is 1.66. The molecule has 0 saturated heterocycles. The van der Waals surface area contributed by atoms with Gasteiger partial charge in [-0.3, -0.25) is 0 Å². The maximum absolute atomic E-state index is 6.33. The van der Waals surface area contributed by atoms with Gasteiger partial charge in [0.25, 0.3) is 0 Å². The first-order valence-electron chi connectivity index (χ1n) is 4.35. The van der Waals surface area contributed by atoms with Crippen molar-refractivity contribution in [3.8, 4) is 0 Å². The molecule has 1 aliphatic rings. The van der Waals surface area contributed by atoms with Gasteiger partial charge in [0.05, 0.1) is 0 Å². The molecule has 0 aromatic rings. The van der Waals surface area contributed by atoms with Gasteiger partial charge in [-0.05, 0) is 32.1 Å². The van der Waals surface area contributed by atoms with Gasteiger partial charge in [-0.1, -0.05) is 19.8 Å². The Labute approximate surface area is 69.0 Å². The number of hydrogen-bond acceptors (Lipinski definition) is 0. The molecule has 1 rings (SSSR count). The number of rotatable bonds is 2. The van der Waals surface area contributed by atoms with E-state index in [1.807, 2.05) is 0 Å². The van der Waals surface area contributed by atoms with Gasteiger partial charge in [0.15, 0.2) is 0 Å². The van der Waals surface area contributed by atoms with Gasteiger partial charge in [-0.2, -0.15) is 0 Å². The van der Waals surface area contributed by atoms with E-state index in [1.54, 1.807) is 0 Å². The van der Waals surface area contributed by atoms with Gasteiger partial charge in [0.2, 0.25) is 0 Å². The van der Waals surface area contributed by atoms with Crippen LogP contribution in [0.25, 0.3) is 0 Å². The van der Waals surface area contributed by atoms with E-state index in [4.69, 9.17) is 11.6 Å². The minimum absolute atomic E-state index is 0.0938. The Balaban J connectivity index is 2.45. The molecule has 0 aromatic carbocycles. The molecular weight excluding hydrogens is 144 g/mol. The van der Waals surface area contributed by atoms with Crippen molar-refractivity contribution in [2.75, 3.05) is 0 Å². The Morgan fingerprint density at radius 1 is 1.40 bits per heavy atom. The largest absolute Gasteiger partial charge is 0.119 e. The Morgan fingerprint density at radius 2 is 1.90 bits per heavy atom. The summed E-state index contributed by atoms with van der Waals surface area (Å²) in [6.07, 6.45) is 6.61. The van der Waals surface area contributed by atoms with Crippen LogP contribution in [0.1, 0.15) is 46.0 Å². The first-order valence-corrected chi connectivity index (χ1v) is 4.73. The van der Waals surface area contributed by atoms with Crippen LogP contribution in [0.15, 0.2) is 0 Å². The first-order chi connectivity index (χ1) is 4.67. The highest BCUT2D eigenvalue weighted by molar-refractivity contribution is 6.23. The molecule has 1 fully saturated rings. The highest BCUT2D eigenvalue weighted by Gasteiger charge is 2.31. The second kappa shape index (κ2) is 3.13. The van der Waals surface area contributed by atoms with Gasteiger partial charge in [-0.25, -0.2) is 0 Å². The highest BCUT2D eigenvalue weighted by atomic mass is 35.5. The Kier molecular flexibility index (Phi) is 2.62. The molecule has 0 N–H and O–H groups in total. The zero-order valence-electron chi connectivity index (χ0n) is 6.99. The predicted octanol–water partition coefficient (Wildman–Crippen LogP) is 3.58. The van der Waals surface area contributed by atoms with Crippen LogP contribution in [0.2, 0.25) is 0 Å². The number of halogens is 1. The first kappa shape index (κ1) is 8.39. The lowest BCUT2D eigenvalue weighted by molar-refractivity contribution is 0.390. The summed E-state index contributed by atoms with van der Waals surface area (Å²) in [5.41, 5.74) is 0. The fourth-order valence-electron chi connectivity index (χ4n) is 1.82. The topological polar surface area (TPSA) is 0 Å². The van der Waals surface area contributed by atoms with E-state index in [1.165, 1.54) is 25.7 Å². The lowest BCUT2D eigenvalue weighted by Crippen LogP contribution is -2.24. The summed E-state index contributed by atoms with van der Waals surface area (Å²) in [6.45, 7) is 4.37. The fraction of sp³-hybridized carbons (Fsp3) is 1.00. The molecule has 60 valence electrons. The minimum atomic E-state index is 0.0938. The van der Waals surface area contributed by atoms with E-state index >= 15 is 0 Å². The SMILES string of the molecule is CCC(C)(Cl)C1CCCC1. The molecule has 1 unspecified atom stereocenters. The summed E-state index contributed by atoms with van der Waals surface area (Å²) < 4.78 is 0. The van der Waals surface area contributed by atoms with Crippen molar-refractivity contribution in [1.82, 2.24) is 0 Å². The fourth-order valence-corrected chi connectivity index (χ4v) is 2.03. The third-order valence-corrected chi connectivity index (χ3v) is 3.47. The standard InChI is InChI=1S/C9H17Cl/c1-3-9(2,10)8-6-4-5-7-8/h8H,3-7H2,1-2H3. The number of hydrogen-bond donors (Lipinski definition) is 0. The Hall–Kier alpha value is 0.290. The maximum Gasteiger partial charge on any atom is 0.0444 e. The van der Waals surface area contributed by atoms with E-state index in [0.29, 0.717) is 0 Å². The molecule has 0 aromatic heterocycles. The molecular formula is C9H17Cl. The number of alkyl halides is 1. The van der Waals surface area contributed by atoms with Crippen LogP contribution >= 0.6 is 11.6 Å². The molecule has 1 saturated carbocycles. The molecule has 0 nitrogen and oxygen atoms in total. The van der Waals surface area contributed by atoms with Crippen LogP contribution in [0.3, 0.4) is 0 Å². The molecule has 10 heavy (non-hydrogen) atoms. The molecule has 0 spiro atoms. The van der Waals surface area contributed by atoms with Crippen molar-refractivity contribution < 1.29 is 0 Å². The lowest BCUT2D eigenvalue weighted by Gasteiger charge is -2.27. The average Bonchev–Trinajstić information content (AvgIpc) is 2.38. The van der Waals surface area contributed by atoms with Crippen LogP contribution in [0.5, 0.6) is 0 Å². The zero-order chi connectivity index (χ0) is 7.61. The Bertz CT molecular complexity index is 101. The van der Waals surface area contributed by atoms with Crippen LogP contribution in [-0.2, 0) is 0 Å². The van der Waals surface area contributed by atoms with E-state index in [0.717, 1.165) is 12.3 Å². The van der Waals surface area contributed by atoms with Gasteiger partial charge in [0.1, 0.15) is 0 Å². The van der Waals surface area contributed by atoms with Crippen LogP contribution < -0.4 is 0 Å². The van der Waals surface area contributed by atoms with Gasteiger partial charge in [-0.15, -0.1) is 11.6 Å². The van der Waals surface area contributed by atoms with E-state index in [9.17, 15) is 0 Å². The summed E-state index contributed by atoms with van der Waals surface area (Å²) in [5.74, 6) is 0.791. The van der Waals surface area contributed by atoms with Gasteiger partial charge in [0, 0.05) is 4.87 Å². The van der Waals surface area contributed by atoms with Crippen molar-refractivity contribution in [2.45, 2.75) is 50.8 Å². The van der Waals surface area contributed by atoms with Crippen LogP contribution in [-0.4, -0.2) is 4.87 Å². The van der Waals surface area contributed by atoms with Crippen molar-refractivity contribution in [3.63, 3.8) is 0 Å². The molecule has 0 aliphatic heterocycles. The van der Waals surface area contributed by atoms with Crippen molar-refractivity contribution in [1.29, 1.82) is 0 Å². The van der Waals surface area contributed by atoms with Crippen LogP contribution in [0.4, 0.5) is 0 Å². The van der Waals surface area contributed by atoms with Crippen molar-refractivity contribution in [3.05, 3.63) is 0 Å². The van der Waals surface area contributed by atoms with E-state index < -0.39 is 0 Å². The monoisotopic (exact) mass is 160 g/mol. The molecule has 1 heteroatoms. The summed E-state index contributed by atoms with van der Waals surface area (Å²) in [6, 6.07) is 0. The molecule has 1 atom stereocenters. The van der Waals surface area contributed by atoms with Gasteiger partial charge >= 0.3 is 0 Å². The minimum Gasteiger partial charge on any atom is -0.119 e. The van der Waals surface area contributed by atoms with Crippen molar-refractivity contribution in [2.24, 2.45) is 5.92 Å². The molecule has 0 radical (unpaired) electrons. The molecule has 0 bridgehead atoms. The second-order valence-corrected chi connectivity index (χ2v) is 4.48. The summed E-state index contributed by atoms with van der Waals surface area (Å²) in [4.78, 5) is 0.0938. The molecule has 1 aliphatic carbocycles. The van der Waals surface area contributed by atoms with Crippen molar-refractivity contribution >= 4 is 11.6 Å². The summed E-state index contributed by atoms with van der Waals surface area (Å²) >= 11 is 6.33. The van der Waals surface area contributed by atoms with E-state index in [-0.39, 0.29) is 4.87 Å². The quantitative estimate of drug-likeness (QED) is 0.542. The second-order valence-electron chi connectivity index (χ2n) is 3.61.